The summed E-state index contributed by atoms with van der Waals surface area (Å²) in [7, 11) is 0. The van der Waals surface area contributed by atoms with E-state index in [1.807, 2.05) is 6.92 Å². The molecule has 0 aliphatic carbocycles. The molecule has 3 rings (SSSR count). The molecule has 1 aliphatic rings. The van der Waals surface area contributed by atoms with Crippen molar-refractivity contribution >= 4 is 29.9 Å². The van der Waals surface area contributed by atoms with Crippen LogP contribution in [0.25, 0.3) is 0 Å². The number of rotatable bonds is 5. The fourth-order valence-corrected chi connectivity index (χ4v) is 2.95. The number of hydrogen-bond donors (Lipinski definition) is 2. The molecule has 6 nitrogen and oxygen atoms in total. The van der Waals surface area contributed by atoms with E-state index >= 15 is 0 Å². The summed E-state index contributed by atoms with van der Waals surface area (Å²) < 4.78 is 19.2. The zero-order chi connectivity index (χ0) is 19.2. The predicted octanol–water partition coefficient (Wildman–Crippen LogP) is 2.70. The normalized spacial score (nSPS) is 16.1. The minimum atomic E-state index is -0.519. The van der Waals surface area contributed by atoms with E-state index in [4.69, 9.17) is 4.74 Å². The van der Waals surface area contributed by atoms with Crippen LogP contribution in [-0.4, -0.2) is 49.0 Å². The van der Waals surface area contributed by atoms with Crippen LogP contribution in [0.1, 0.15) is 17.3 Å². The number of halogens is 2. The van der Waals surface area contributed by atoms with Gasteiger partial charge in [-0.05, 0) is 31.2 Å². The van der Waals surface area contributed by atoms with Crippen molar-refractivity contribution in [3.63, 3.8) is 0 Å². The average molecular weight is 408 g/mol. The van der Waals surface area contributed by atoms with Gasteiger partial charge in [0.25, 0.3) is 11.8 Å². The lowest BCUT2D eigenvalue weighted by Crippen LogP contribution is -2.51. The molecule has 1 aliphatic heterocycles. The van der Waals surface area contributed by atoms with Crippen molar-refractivity contribution in [3.8, 4) is 5.75 Å². The molecule has 2 N–H and O–H groups in total. The van der Waals surface area contributed by atoms with Gasteiger partial charge in [0.1, 0.15) is 11.6 Å². The van der Waals surface area contributed by atoms with Gasteiger partial charge in [0.15, 0.2) is 6.61 Å². The van der Waals surface area contributed by atoms with Gasteiger partial charge in [-0.25, -0.2) is 4.39 Å². The third-order valence-corrected chi connectivity index (χ3v) is 4.28. The Labute approximate surface area is 169 Å². The first-order chi connectivity index (χ1) is 13.0. The first-order valence-corrected chi connectivity index (χ1v) is 8.83. The van der Waals surface area contributed by atoms with Gasteiger partial charge in [-0.15, -0.1) is 12.4 Å². The number of carbonyl (C=O) groups excluding carboxylic acids is 2. The van der Waals surface area contributed by atoms with Crippen LogP contribution in [0.3, 0.4) is 0 Å². The first-order valence-electron chi connectivity index (χ1n) is 8.83. The van der Waals surface area contributed by atoms with Crippen LogP contribution >= 0.6 is 12.4 Å². The highest BCUT2D eigenvalue weighted by Crippen LogP contribution is 2.21. The Morgan fingerprint density at radius 2 is 1.93 bits per heavy atom. The quantitative estimate of drug-likeness (QED) is 0.799. The molecule has 1 saturated heterocycles. The van der Waals surface area contributed by atoms with Crippen LogP contribution in [0.5, 0.6) is 5.75 Å². The standard InChI is InChI=1S/C20H22FN3O3.ClH/c1-14-12-24(11-10-22-14)20(26)15-6-2-5-9-18(15)27-13-19(25)23-17-8-4-3-7-16(17)21;/h2-9,14,22H,10-13H2,1H3,(H,23,25);1H. The summed E-state index contributed by atoms with van der Waals surface area (Å²) in [5.41, 5.74) is 0.496. The van der Waals surface area contributed by atoms with Gasteiger partial charge in [-0.1, -0.05) is 24.3 Å². The van der Waals surface area contributed by atoms with Crippen molar-refractivity contribution in [3.05, 3.63) is 59.9 Å². The molecule has 0 radical (unpaired) electrons. The van der Waals surface area contributed by atoms with E-state index in [2.05, 4.69) is 10.6 Å². The minimum Gasteiger partial charge on any atom is -0.483 e. The van der Waals surface area contributed by atoms with Gasteiger partial charge in [-0.2, -0.15) is 0 Å². The summed E-state index contributed by atoms with van der Waals surface area (Å²) >= 11 is 0. The lowest BCUT2D eigenvalue weighted by Gasteiger charge is -2.32. The molecular weight excluding hydrogens is 385 g/mol. The Hall–Kier alpha value is -2.64. The molecule has 1 fully saturated rings. The Kier molecular flexibility index (Phi) is 7.78. The van der Waals surface area contributed by atoms with E-state index in [0.717, 1.165) is 6.54 Å². The van der Waals surface area contributed by atoms with Crippen molar-refractivity contribution in [1.82, 2.24) is 10.2 Å². The minimum absolute atomic E-state index is 0. The molecule has 28 heavy (non-hydrogen) atoms. The highest BCUT2D eigenvalue weighted by atomic mass is 35.5. The lowest BCUT2D eigenvalue weighted by molar-refractivity contribution is -0.118. The SMILES string of the molecule is CC1CN(C(=O)c2ccccc2OCC(=O)Nc2ccccc2F)CCN1.Cl. The second-order valence-corrected chi connectivity index (χ2v) is 6.42. The van der Waals surface area contributed by atoms with E-state index < -0.39 is 11.7 Å². The molecule has 1 heterocycles. The Balaban J connectivity index is 0.00000280. The fourth-order valence-electron chi connectivity index (χ4n) is 2.95. The maximum atomic E-state index is 13.6. The summed E-state index contributed by atoms with van der Waals surface area (Å²) in [6.45, 7) is 3.67. The number of ether oxygens (including phenoxy) is 1. The van der Waals surface area contributed by atoms with E-state index in [1.54, 1.807) is 41.3 Å². The van der Waals surface area contributed by atoms with E-state index in [-0.39, 0.29) is 36.7 Å². The molecule has 0 bridgehead atoms. The number of carbonyl (C=O) groups is 2. The maximum absolute atomic E-state index is 13.6. The molecule has 2 aromatic rings. The van der Waals surface area contributed by atoms with E-state index in [0.29, 0.717) is 24.4 Å². The van der Waals surface area contributed by atoms with Crippen LogP contribution in [0, 0.1) is 5.82 Å². The number of anilines is 1. The fraction of sp³-hybridized carbons (Fsp3) is 0.300. The second-order valence-electron chi connectivity index (χ2n) is 6.42. The zero-order valence-electron chi connectivity index (χ0n) is 15.5. The number of benzene rings is 2. The molecule has 0 aromatic heterocycles. The monoisotopic (exact) mass is 407 g/mol. The van der Waals surface area contributed by atoms with Crippen LogP contribution < -0.4 is 15.4 Å². The number of hydrogen-bond acceptors (Lipinski definition) is 4. The molecule has 2 aromatic carbocycles. The highest BCUT2D eigenvalue weighted by Gasteiger charge is 2.24. The van der Waals surface area contributed by atoms with Crippen LogP contribution in [0.4, 0.5) is 10.1 Å². The van der Waals surface area contributed by atoms with Gasteiger partial charge in [0.2, 0.25) is 0 Å². The predicted molar refractivity (Wildman–Crippen MR) is 108 cm³/mol. The van der Waals surface area contributed by atoms with Crippen LogP contribution in [0.2, 0.25) is 0 Å². The van der Waals surface area contributed by atoms with Gasteiger partial charge in [0, 0.05) is 25.7 Å². The van der Waals surface area contributed by atoms with E-state index in [9.17, 15) is 14.0 Å². The first kappa shape index (κ1) is 21.7. The number of nitrogens with one attached hydrogen (secondary N) is 2. The largest absolute Gasteiger partial charge is 0.483 e. The van der Waals surface area contributed by atoms with Crippen molar-refractivity contribution in [1.29, 1.82) is 0 Å². The number of nitrogens with zero attached hydrogens (tertiary/aromatic N) is 1. The molecule has 1 unspecified atom stereocenters. The summed E-state index contributed by atoms with van der Waals surface area (Å²) in [6, 6.07) is 12.9. The van der Waals surface area contributed by atoms with Crippen LogP contribution in [0.15, 0.2) is 48.5 Å². The summed E-state index contributed by atoms with van der Waals surface area (Å²) in [5.74, 6) is -0.821. The summed E-state index contributed by atoms with van der Waals surface area (Å²) in [4.78, 5) is 26.6. The molecule has 8 heteroatoms. The Bertz CT molecular complexity index is 834. The molecule has 150 valence electrons. The lowest BCUT2D eigenvalue weighted by atomic mass is 10.1. The second kappa shape index (κ2) is 10.1. The van der Waals surface area contributed by atoms with Gasteiger partial charge < -0.3 is 20.3 Å². The van der Waals surface area contributed by atoms with Gasteiger partial charge >= 0.3 is 0 Å². The number of piperazine rings is 1. The summed E-state index contributed by atoms with van der Waals surface area (Å²) in [5, 5.41) is 5.75. The van der Waals surface area contributed by atoms with Crippen LogP contribution in [-0.2, 0) is 4.79 Å². The number of para-hydroxylation sites is 2. The maximum Gasteiger partial charge on any atom is 0.262 e. The van der Waals surface area contributed by atoms with Crippen molar-refractivity contribution < 1.29 is 18.7 Å². The third-order valence-electron chi connectivity index (χ3n) is 4.28. The average Bonchev–Trinajstić information content (AvgIpc) is 2.68. The molecular formula is C20H23ClFN3O3. The number of amides is 2. The third kappa shape index (κ3) is 5.43. The zero-order valence-corrected chi connectivity index (χ0v) is 16.3. The van der Waals surface area contributed by atoms with Crippen molar-refractivity contribution in [2.24, 2.45) is 0 Å². The van der Waals surface area contributed by atoms with Gasteiger partial charge in [0.05, 0.1) is 11.3 Å². The van der Waals surface area contributed by atoms with Crippen molar-refractivity contribution in [2.75, 3.05) is 31.6 Å². The molecule has 0 spiro atoms. The van der Waals surface area contributed by atoms with E-state index in [1.165, 1.54) is 12.1 Å². The Morgan fingerprint density at radius 1 is 1.21 bits per heavy atom. The topological polar surface area (TPSA) is 70.7 Å². The summed E-state index contributed by atoms with van der Waals surface area (Å²) in [6.07, 6.45) is 0. The highest BCUT2D eigenvalue weighted by molar-refractivity contribution is 5.97. The van der Waals surface area contributed by atoms with Crippen molar-refractivity contribution in [2.45, 2.75) is 13.0 Å². The molecule has 0 saturated carbocycles. The van der Waals surface area contributed by atoms with Gasteiger partial charge in [-0.3, -0.25) is 9.59 Å². The Morgan fingerprint density at radius 3 is 2.68 bits per heavy atom. The smallest absolute Gasteiger partial charge is 0.262 e. The molecule has 2 amide bonds. The molecule has 1 atom stereocenters.